The Morgan fingerprint density at radius 1 is 1.21 bits per heavy atom. The van der Waals surface area contributed by atoms with E-state index < -0.39 is 0 Å². The van der Waals surface area contributed by atoms with E-state index in [4.69, 9.17) is 5.84 Å². The highest BCUT2D eigenvalue weighted by Crippen LogP contribution is 2.14. The molecule has 2 heteroatoms. The van der Waals surface area contributed by atoms with E-state index in [0.29, 0.717) is 0 Å². The first-order chi connectivity index (χ1) is 6.79. The molecule has 2 nitrogen and oxygen atoms in total. The normalized spacial score (nSPS) is 12.1. The SMILES string of the molecule is C/C=C\C(=C/C)N(N)c1ccccc1. The fourth-order valence-electron chi connectivity index (χ4n) is 1.22. The Morgan fingerprint density at radius 2 is 1.86 bits per heavy atom. The number of nitrogens with zero attached hydrogens (tertiary/aromatic N) is 1. The van der Waals surface area contributed by atoms with Gasteiger partial charge in [-0.05, 0) is 32.1 Å². The van der Waals surface area contributed by atoms with Crippen LogP contribution in [0.4, 0.5) is 5.69 Å². The minimum absolute atomic E-state index is 0.985. The Morgan fingerprint density at radius 3 is 2.36 bits per heavy atom. The van der Waals surface area contributed by atoms with E-state index in [2.05, 4.69) is 0 Å². The molecule has 0 aliphatic rings. The van der Waals surface area contributed by atoms with Crippen molar-refractivity contribution in [3.05, 3.63) is 54.3 Å². The number of allylic oxidation sites excluding steroid dienone is 3. The van der Waals surface area contributed by atoms with Gasteiger partial charge in [0.2, 0.25) is 0 Å². The van der Waals surface area contributed by atoms with Gasteiger partial charge in [-0.25, -0.2) is 5.84 Å². The van der Waals surface area contributed by atoms with Crippen molar-refractivity contribution in [1.29, 1.82) is 0 Å². The molecule has 0 spiro atoms. The highest BCUT2D eigenvalue weighted by molar-refractivity contribution is 5.52. The monoisotopic (exact) mass is 188 g/mol. The lowest BCUT2D eigenvalue weighted by molar-refractivity contribution is 1.02. The highest BCUT2D eigenvalue weighted by atomic mass is 15.4. The Bertz CT molecular complexity index is 325. The fourth-order valence-corrected chi connectivity index (χ4v) is 1.22. The van der Waals surface area contributed by atoms with E-state index in [1.165, 1.54) is 0 Å². The molecule has 0 aliphatic carbocycles. The summed E-state index contributed by atoms with van der Waals surface area (Å²) in [5.74, 6) is 5.95. The summed E-state index contributed by atoms with van der Waals surface area (Å²) in [5, 5.41) is 1.67. The Labute approximate surface area is 85.3 Å². The second-order valence-corrected chi connectivity index (χ2v) is 2.92. The summed E-state index contributed by atoms with van der Waals surface area (Å²) in [6.07, 6.45) is 5.93. The summed E-state index contributed by atoms with van der Waals surface area (Å²) in [4.78, 5) is 0. The van der Waals surface area contributed by atoms with Gasteiger partial charge in [0.15, 0.2) is 0 Å². The summed E-state index contributed by atoms with van der Waals surface area (Å²) in [7, 11) is 0. The molecule has 1 aromatic carbocycles. The van der Waals surface area contributed by atoms with E-state index in [1.807, 2.05) is 62.4 Å². The zero-order valence-electron chi connectivity index (χ0n) is 8.64. The fraction of sp³-hybridized carbons (Fsp3) is 0.167. The van der Waals surface area contributed by atoms with Crippen LogP contribution in [0.3, 0.4) is 0 Å². The Balaban J connectivity index is 2.89. The lowest BCUT2D eigenvalue weighted by atomic mass is 10.3. The molecular weight excluding hydrogens is 172 g/mol. The van der Waals surface area contributed by atoms with Crippen LogP contribution in [0.2, 0.25) is 0 Å². The molecule has 74 valence electrons. The molecule has 0 aromatic heterocycles. The van der Waals surface area contributed by atoms with Crippen LogP contribution in [0.15, 0.2) is 54.3 Å². The van der Waals surface area contributed by atoms with Crippen molar-refractivity contribution >= 4 is 5.69 Å². The van der Waals surface area contributed by atoms with Gasteiger partial charge in [-0.2, -0.15) is 0 Å². The second kappa shape index (κ2) is 5.25. The largest absolute Gasteiger partial charge is 0.280 e. The summed E-state index contributed by atoms with van der Waals surface area (Å²) in [6.45, 7) is 3.94. The van der Waals surface area contributed by atoms with Crippen molar-refractivity contribution in [2.24, 2.45) is 5.84 Å². The Hall–Kier alpha value is -1.54. The van der Waals surface area contributed by atoms with Gasteiger partial charge in [0, 0.05) is 0 Å². The smallest absolute Gasteiger partial charge is 0.0575 e. The van der Waals surface area contributed by atoms with Crippen LogP contribution in [-0.2, 0) is 0 Å². The van der Waals surface area contributed by atoms with E-state index in [1.54, 1.807) is 5.01 Å². The van der Waals surface area contributed by atoms with Gasteiger partial charge in [-0.1, -0.05) is 30.4 Å². The summed E-state index contributed by atoms with van der Waals surface area (Å²) in [5.41, 5.74) is 1.97. The van der Waals surface area contributed by atoms with E-state index in [0.717, 1.165) is 11.4 Å². The minimum atomic E-state index is 0.985. The molecule has 14 heavy (non-hydrogen) atoms. The summed E-state index contributed by atoms with van der Waals surface area (Å²) >= 11 is 0. The van der Waals surface area contributed by atoms with Crippen LogP contribution in [-0.4, -0.2) is 0 Å². The van der Waals surface area contributed by atoms with Crippen LogP contribution in [0.25, 0.3) is 0 Å². The van der Waals surface area contributed by atoms with Crippen LogP contribution in [0.1, 0.15) is 13.8 Å². The number of hydrazine groups is 1. The third kappa shape index (κ3) is 2.47. The number of para-hydroxylation sites is 1. The Kier molecular flexibility index (Phi) is 3.95. The zero-order valence-corrected chi connectivity index (χ0v) is 8.64. The van der Waals surface area contributed by atoms with Gasteiger partial charge in [0.25, 0.3) is 0 Å². The third-order valence-corrected chi connectivity index (χ3v) is 1.95. The first-order valence-corrected chi connectivity index (χ1v) is 4.68. The van der Waals surface area contributed by atoms with Crippen LogP contribution in [0, 0.1) is 0 Å². The van der Waals surface area contributed by atoms with Crippen LogP contribution in [0.5, 0.6) is 0 Å². The van der Waals surface area contributed by atoms with Crippen molar-refractivity contribution in [2.75, 3.05) is 5.01 Å². The van der Waals surface area contributed by atoms with Gasteiger partial charge in [-0.3, -0.25) is 5.01 Å². The number of hydrogen-bond acceptors (Lipinski definition) is 2. The van der Waals surface area contributed by atoms with Gasteiger partial charge in [-0.15, -0.1) is 0 Å². The van der Waals surface area contributed by atoms with Crippen molar-refractivity contribution < 1.29 is 0 Å². The van der Waals surface area contributed by atoms with Gasteiger partial charge in [0.05, 0.1) is 11.4 Å². The maximum Gasteiger partial charge on any atom is 0.0575 e. The lowest BCUT2D eigenvalue weighted by Crippen LogP contribution is -2.28. The summed E-state index contributed by atoms with van der Waals surface area (Å²) < 4.78 is 0. The number of anilines is 1. The van der Waals surface area contributed by atoms with Crippen LogP contribution < -0.4 is 10.9 Å². The summed E-state index contributed by atoms with van der Waals surface area (Å²) in [6, 6.07) is 9.87. The van der Waals surface area contributed by atoms with Gasteiger partial charge >= 0.3 is 0 Å². The molecule has 0 fully saturated rings. The second-order valence-electron chi connectivity index (χ2n) is 2.92. The third-order valence-electron chi connectivity index (χ3n) is 1.95. The minimum Gasteiger partial charge on any atom is -0.280 e. The maximum atomic E-state index is 5.95. The first-order valence-electron chi connectivity index (χ1n) is 4.68. The first kappa shape index (κ1) is 10.5. The van der Waals surface area contributed by atoms with Crippen molar-refractivity contribution in [3.63, 3.8) is 0 Å². The predicted octanol–water partition coefficient (Wildman–Crippen LogP) is 2.85. The van der Waals surface area contributed by atoms with Crippen molar-refractivity contribution in [3.8, 4) is 0 Å². The predicted molar refractivity (Wildman–Crippen MR) is 61.7 cm³/mol. The number of rotatable bonds is 3. The van der Waals surface area contributed by atoms with Crippen LogP contribution >= 0.6 is 0 Å². The average Bonchev–Trinajstić information content (AvgIpc) is 2.26. The molecule has 0 radical (unpaired) electrons. The highest BCUT2D eigenvalue weighted by Gasteiger charge is 2.02. The number of benzene rings is 1. The molecule has 0 bridgehead atoms. The van der Waals surface area contributed by atoms with E-state index in [-0.39, 0.29) is 0 Å². The molecule has 0 saturated carbocycles. The molecule has 1 rings (SSSR count). The van der Waals surface area contributed by atoms with Gasteiger partial charge in [0.1, 0.15) is 0 Å². The molecule has 0 unspecified atom stereocenters. The zero-order chi connectivity index (χ0) is 10.4. The molecule has 1 aromatic rings. The molecular formula is C12H16N2. The lowest BCUT2D eigenvalue weighted by Gasteiger charge is -2.19. The van der Waals surface area contributed by atoms with Crippen molar-refractivity contribution in [1.82, 2.24) is 0 Å². The van der Waals surface area contributed by atoms with E-state index >= 15 is 0 Å². The molecule has 0 atom stereocenters. The molecule has 0 aliphatic heterocycles. The standard InChI is InChI=1S/C12H16N2/c1-3-8-11(4-2)14(13)12-9-6-5-7-10-12/h3-10H,13H2,1-2H3/b8-3-,11-4+. The number of nitrogens with two attached hydrogens (primary N) is 1. The molecule has 0 amide bonds. The topological polar surface area (TPSA) is 29.3 Å². The molecule has 0 saturated heterocycles. The molecule has 2 N–H and O–H groups in total. The number of hydrogen-bond donors (Lipinski definition) is 1. The van der Waals surface area contributed by atoms with E-state index in [9.17, 15) is 0 Å². The molecule has 0 heterocycles. The average molecular weight is 188 g/mol. The van der Waals surface area contributed by atoms with Crippen molar-refractivity contribution in [2.45, 2.75) is 13.8 Å². The quantitative estimate of drug-likeness (QED) is 0.449. The van der Waals surface area contributed by atoms with Gasteiger partial charge < -0.3 is 0 Å². The maximum absolute atomic E-state index is 5.95.